The van der Waals surface area contributed by atoms with Crippen molar-refractivity contribution in [3.05, 3.63) is 23.8 Å². The van der Waals surface area contributed by atoms with Gasteiger partial charge in [-0.05, 0) is 12.1 Å². The van der Waals surface area contributed by atoms with Crippen molar-refractivity contribution in [2.45, 2.75) is 0 Å². The lowest BCUT2D eigenvalue weighted by molar-refractivity contribution is 0.0698. The molecular weight excluding hydrogens is 246 g/mol. The van der Waals surface area contributed by atoms with E-state index in [4.69, 9.17) is 9.84 Å². The number of anilines is 1. The van der Waals surface area contributed by atoms with Crippen LogP contribution in [0, 0.1) is 0 Å². The van der Waals surface area contributed by atoms with Crippen LogP contribution in [0.1, 0.15) is 10.4 Å². The van der Waals surface area contributed by atoms with E-state index < -0.39 is 16.0 Å². The van der Waals surface area contributed by atoms with Gasteiger partial charge in [-0.25, -0.2) is 13.2 Å². The van der Waals surface area contributed by atoms with E-state index in [9.17, 15) is 13.2 Å². The molecule has 94 valence electrons. The van der Waals surface area contributed by atoms with E-state index in [0.717, 1.165) is 10.6 Å². The van der Waals surface area contributed by atoms with Crippen LogP contribution in [0.5, 0.6) is 5.75 Å². The minimum atomic E-state index is -3.52. The summed E-state index contributed by atoms with van der Waals surface area (Å²) >= 11 is 0. The van der Waals surface area contributed by atoms with Crippen molar-refractivity contribution >= 4 is 21.7 Å². The van der Waals surface area contributed by atoms with Crippen LogP contribution in [0.15, 0.2) is 18.2 Å². The van der Waals surface area contributed by atoms with Crippen LogP contribution in [-0.2, 0) is 10.0 Å². The van der Waals surface area contributed by atoms with Gasteiger partial charge in [0.1, 0.15) is 5.75 Å². The molecule has 0 aromatic heterocycles. The summed E-state index contributed by atoms with van der Waals surface area (Å²) in [5, 5.41) is 8.98. The maximum Gasteiger partial charge on any atom is 0.337 e. The summed E-state index contributed by atoms with van der Waals surface area (Å²) in [6.07, 6.45) is 0.998. The molecule has 0 fully saturated rings. The fraction of sp³-hybridized carbons (Fsp3) is 0.300. The minimum Gasteiger partial charge on any atom is -0.497 e. The number of hydrogen-bond acceptors (Lipinski definition) is 4. The largest absolute Gasteiger partial charge is 0.497 e. The third-order valence-electron chi connectivity index (χ3n) is 2.27. The standard InChI is InChI=1S/C10H13NO5S/c1-11(17(3,14)15)9-6-7(16-2)4-5-8(9)10(12)13/h4-6H,1-3H3,(H,12,13). The average Bonchev–Trinajstić information content (AvgIpc) is 2.25. The maximum absolute atomic E-state index is 11.4. The Morgan fingerprint density at radius 2 is 2.00 bits per heavy atom. The smallest absolute Gasteiger partial charge is 0.337 e. The van der Waals surface area contributed by atoms with Gasteiger partial charge < -0.3 is 9.84 Å². The van der Waals surface area contributed by atoms with Crippen LogP contribution in [-0.4, -0.2) is 39.9 Å². The molecule has 0 amide bonds. The Hall–Kier alpha value is -1.76. The summed E-state index contributed by atoms with van der Waals surface area (Å²) in [5.41, 5.74) is -0.0296. The quantitative estimate of drug-likeness (QED) is 0.864. The van der Waals surface area contributed by atoms with Gasteiger partial charge in [-0.1, -0.05) is 0 Å². The lowest BCUT2D eigenvalue weighted by atomic mass is 10.1. The Balaban J connectivity index is 3.42. The lowest BCUT2D eigenvalue weighted by Gasteiger charge is -2.19. The molecule has 0 aliphatic heterocycles. The fourth-order valence-electron chi connectivity index (χ4n) is 1.26. The Morgan fingerprint density at radius 1 is 1.41 bits per heavy atom. The fourth-order valence-corrected chi connectivity index (χ4v) is 1.77. The number of nitrogens with zero attached hydrogens (tertiary/aromatic N) is 1. The van der Waals surface area contributed by atoms with Gasteiger partial charge in [0.2, 0.25) is 10.0 Å². The van der Waals surface area contributed by atoms with Crippen molar-refractivity contribution in [3.8, 4) is 5.75 Å². The number of carboxylic acid groups (broad SMARTS) is 1. The van der Waals surface area contributed by atoms with E-state index in [1.54, 1.807) is 0 Å². The number of sulfonamides is 1. The highest BCUT2D eigenvalue weighted by Gasteiger charge is 2.20. The molecule has 0 aliphatic carbocycles. The first kappa shape index (κ1) is 13.3. The van der Waals surface area contributed by atoms with Gasteiger partial charge in [0, 0.05) is 13.1 Å². The van der Waals surface area contributed by atoms with Gasteiger partial charge in [-0.3, -0.25) is 4.31 Å². The zero-order chi connectivity index (χ0) is 13.2. The van der Waals surface area contributed by atoms with E-state index in [-0.39, 0.29) is 11.3 Å². The van der Waals surface area contributed by atoms with Gasteiger partial charge >= 0.3 is 5.97 Å². The van der Waals surface area contributed by atoms with Gasteiger partial charge in [-0.15, -0.1) is 0 Å². The molecule has 0 heterocycles. The Bertz CT molecular complexity index is 538. The van der Waals surface area contributed by atoms with Gasteiger partial charge in [0.15, 0.2) is 0 Å². The van der Waals surface area contributed by atoms with E-state index in [0.29, 0.717) is 5.75 Å². The number of aromatic carboxylic acids is 1. The molecule has 0 atom stereocenters. The van der Waals surface area contributed by atoms with Crippen molar-refractivity contribution in [1.82, 2.24) is 0 Å². The first-order chi connectivity index (χ1) is 7.77. The van der Waals surface area contributed by atoms with Crippen LogP contribution in [0.25, 0.3) is 0 Å². The number of carbonyl (C=O) groups is 1. The molecule has 0 spiro atoms. The zero-order valence-corrected chi connectivity index (χ0v) is 10.5. The Kier molecular flexibility index (Phi) is 3.62. The van der Waals surface area contributed by atoms with Crippen molar-refractivity contribution < 1.29 is 23.1 Å². The summed E-state index contributed by atoms with van der Waals surface area (Å²) in [7, 11) is -0.818. The predicted octanol–water partition coefficient (Wildman–Crippen LogP) is 0.789. The summed E-state index contributed by atoms with van der Waals surface area (Å²) in [4.78, 5) is 11.0. The molecule has 0 saturated carbocycles. The summed E-state index contributed by atoms with van der Waals surface area (Å²) in [6, 6.07) is 4.13. The molecule has 0 saturated heterocycles. The van der Waals surface area contributed by atoms with Crippen LogP contribution in [0.4, 0.5) is 5.69 Å². The number of benzene rings is 1. The second-order valence-electron chi connectivity index (χ2n) is 3.42. The van der Waals surface area contributed by atoms with Gasteiger partial charge in [-0.2, -0.15) is 0 Å². The molecule has 1 aromatic rings. The minimum absolute atomic E-state index is 0.0688. The van der Waals surface area contributed by atoms with E-state index in [1.165, 1.54) is 32.4 Å². The Labute approximate surface area is 99.5 Å². The summed E-state index contributed by atoms with van der Waals surface area (Å²) in [6.45, 7) is 0. The molecule has 1 aromatic carbocycles. The first-order valence-electron chi connectivity index (χ1n) is 4.62. The predicted molar refractivity (Wildman–Crippen MR) is 63.2 cm³/mol. The topological polar surface area (TPSA) is 83.9 Å². The second-order valence-corrected chi connectivity index (χ2v) is 5.43. The highest BCUT2D eigenvalue weighted by atomic mass is 32.2. The number of rotatable bonds is 4. The SMILES string of the molecule is COc1ccc(C(=O)O)c(N(C)S(C)(=O)=O)c1. The number of carboxylic acids is 1. The van der Waals surface area contributed by atoms with Crippen molar-refractivity contribution in [2.75, 3.05) is 24.7 Å². The summed E-state index contributed by atoms with van der Waals surface area (Å²) < 4.78 is 28.6. The lowest BCUT2D eigenvalue weighted by Crippen LogP contribution is -2.26. The second kappa shape index (κ2) is 4.62. The number of ether oxygens (including phenoxy) is 1. The molecule has 1 N–H and O–H groups in total. The molecule has 0 unspecified atom stereocenters. The van der Waals surface area contributed by atoms with Gasteiger partial charge in [0.25, 0.3) is 0 Å². The molecular formula is C10H13NO5S. The molecule has 1 rings (SSSR count). The highest BCUT2D eigenvalue weighted by Crippen LogP contribution is 2.26. The molecule has 0 radical (unpaired) electrons. The molecule has 6 nitrogen and oxygen atoms in total. The maximum atomic E-state index is 11.4. The third-order valence-corrected chi connectivity index (χ3v) is 3.46. The van der Waals surface area contributed by atoms with Crippen molar-refractivity contribution in [2.24, 2.45) is 0 Å². The third kappa shape index (κ3) is 2.88. The van der Waals surface area contributed by atoms with E-state index in [2.05, 4.69) is 0 Å². The van der Waals surface area contributed by atoms with Crippen molar-refractivity contribution in [3.63, 3.8) is 0 Å². The molecule has 17 heavy (non-hydrogen) atoms. The Morgan fingerprint density at radius 3 is 2.41 bits per heavy atom. The van der Waals surface area contributed by atoms with Crippen LogP contribution in [0.2, 0.25) is 0 Å². The first-order valence-corrected chi connectivity index (χ1v) is 6.47. The van der Waals surface area contributed by atoms with Crippen LogP contribution < -0.4 is 9.04 Å². The van der Waals surface area contributed by atoms with Crippen LogP contribution in [0.3, 0.4) is 0 Å². The number of methoxy groups -OCH3 is 1. The molecule has 0 bridgehead atoms. The number of hydrogen-bond donors (Lipinski definition) is 1. The van der Waals surface area contributed by atoms with E-state index >= 15 is 0 Å². The zero-order valence-electron chi connectivity index (χ0n) is 9.67. The average molecular weight is 259 g/mol. The normalized spacial score (nSPS) is 11.0. The summed E-state index contributed by atoms with van der Waals surface area (Å²) in [5.74, 6) is -0.807. The van der Waals surface area contributed by atoms with Crippen molar-refractivity contribution in [1.29, 1.82) is 0 Å². The van der Waals surface area contributed by atoms with Crippen LogP contribution >= 0.6 is 0 Å². The monoisotopic (exact) mass is 259 g/mol. The molecule has 0 aliphatic rings. The highest BCUT2D eigenvalue weighted by molar-refractivity contribution is 7.92. The van der Waals surface area contributed by atoms with E-state index in [1.807, 2.05) is 0 Å². The van der Waals surface area contributed by atoms with Gasteiger partial charge in [0.05, 0.1) is 24.6 Å². The molecule has 7 heteroatoms.